The maximum atomic E-state index is 4.31. The van der Waals surface area contributed by atoms with Crippen LogP contribution in [0.5, 0.6) is 0 Å². The van der Waals surface area contributed by atoms with Crippen LogP contribution in [0, 0.1) is 0 Å². The number of rotatable bonds is 5. The van der Waals surface area contributed by atoms with Gasteiger partial charge in [0.1, 0.15) is 0 Å². The Bertz CT molecular complexity index is 419. The summed E-state index contributed by atoms with van der Waals surface area (Å²) in [5.74, 6) is 0.964. The van der Waals surface area contributed by atoms with E-state index in [9.17, 15) is 0 Å². The zero-order chi connectivity index (χ0) is 11.4. The van der Waals surface area contributed by atoms with Gasteiger partial charge in [0.05, 0.1) is 0 Å². The van der Waals surface area contributed by atoms with Crippen molar-refractivity contribution in [2.24, 2.45) is 0 Å². The molecule has 86 valence electrons. The number of imidazole rings is 1. The summed E-state index contributed by atoms with van der Waals surface area (Å²) >= 11 is 1.81. The second kappa shape index (κ2) is 5.16. The first-order chi connectivity index (χ1) is 7.81. The van der Waals surface area contributed by atoms with Gasteiger partial charge >= 0.3 is 0 Å². The van der Waals surface area contributed by atoms with Crippen molar-refractivity contribution in [3.05, 3.63) is 34.8 Å². The summed E-state index contributed by atoms with van der Waals surface area (Å²) in [5, 5.41) is 5.40. The van der Waals surface area contributed by atoms with Gasteiger partial charge in [-0.25, -0.2) is 4.98 Å². The van der Waals surface area contributed by atoms with Gasteiger partial charge < -0.3 is 9.88 Å². The molecule has 0 aliphatic rings. The first kappa shape index (κ1) is 11.2. The zero-order valence-electron chi connectivity index (χ0n) is 9.68. The van der Waals surface area contributed by atoms with Gasteiger partial charge in [0.2, 0.25) is 5.95 Å². The molecule has 0 saturated carbocycles. The number of nitrogens with zero attached hydrogens (tertiary/aromatic N) is 2. The first-order valence-electron chi connectivity index (χ1n) is 5.60. The molecule has 0 amide bonds. The zero-order valence-corrected chi connectivity index (χ0v) is 10.5. The molecule has 0 radical (unpaired) electrons. The fourth-order valence-electron chi connectivity index (χ4n) is 1.78. The van der Waals surface area contributed by atoms with Crippen LogP contribution in [0.25, 0.3) is 0 Å². The van der Waals surface area contributed by atoms with Gasteiger partial charge in [0, 0.05) is 36.3 Å². The van der Waals surface area contributed by atoms with Crippen LogP contribution in [0.15, 0.2) is 29.9 Å². The summed E-state index contributed by atoms with van der Waals surface area (Å²) in [6.45, 7) is 5.22. The van der Waals surface area contributed by atoms with Crippen molar-refractivity contribution in [1.82, 2.24) is 9.55 Å². The molecule has 0 saturated heterocycles. The minimum Gasteiger partial charge on any atom is -0.356 e. The van der Waals surface area contributed by atoms with Crippen molar-refractivity contribution in [2.45, 2.75) is 26.3 Å². The van der Waals surface area contributed by atoms with Crippen LogP contribution in [-0.2, 0) is 6.42 Å². The molecule has 0 fully saturated rings. The molecule has 0 aliphatic heterocycles. The highest BCUT2D eigenvalue weighted by atomic mass is 32.1. The average molecular weight is 235 g/mol. The highest BCUT2D eigenvalue weighted by molar-refractivity contribution is 7.09. The third-order valence-corrected chi connectivity index (χ3v) is 3.45. The van der Waals surface area contributed by atoms with Crippen LogP contribution >= 0.6 is 11.3 Å². The third kappa shape index (κ3) is 2.44. The van der Waals surface area contributed by atoms with E-state index in [1.807, 2.05) is 23.7 Å². The minimum atomic E-state index is 0.440. The number of hydrogen-bond acceptors (Lipinski definition) is 3. The molecular weight excluding hydrogens is 218 g/mol. The molecule has 4 heteroatoms. The van der Waals surface area contributed by atoms with Gasteiger partial charge in [-0.15, -0.1) is 11.3 Å². The van der Waals surface area contributed by atoms with Crippen LogP contribution in [0.2, 0.25) is 0 Å². The Labute approximate surface area is 100 Å². The van der Waals surface area contributed by atoms with Crippen molar-refractivity contribution >= 4 is 17.3 Å². The van der Waals surface area contributed by atoms with Gasteiger partial charge in [0.15, 0.2) is 0 Å². The molecule has 3 nitrogen and oxygen atoms in total. The lowest BCUT2D eigenvalue weighted by atomic mass is 10.2. The number of nitrogens with one attached hydrogen (secondary N) is 1. The molecule has 1 unspecified atom stereocenters. The van der Waals surface area contributed by atoms with E-state index in [0.29, 0.717) is 6.04 Å². The number of aromatic nitrogens is 2. The van der Waals surface area contributed by atoms with Gasteiger partial charge in [-0.3, -0.25) is 0 Å². The molecule has 0 spiro atoms. The Morgan fingerprint density at radius 1 is 1.56 bits per heavy atom. The second-order valence-corrected chi connectivity index (χ2v) is 4.85. The van der Waals surface area contributed by atoms with Crippen molar-refractivity contribution in [3.8, 4) is 0 Å². The summed E-state index contributed by atoms with van der Waals surface area (Å²) in [7, 11) is 0. The molecule has 2 aromatic rings. The smallest absolute Gasteiger partial charge is 0.203 e. The van der Waals surface area contributed by atoms with Gasteiger partial charge in [-0.1, -0.05) is 6.07 Å². The Morgan fingerprint density at radius 3 is 3.12 bits per heavy atom. The summed E-state index contributed by atoms with van der Waals surface area (Å²) < 4.78 is 2.20. The van der Waals surface area contributed by atoms with E-state index >= 15 is 0 Å². The van der Waals surface area contributed by atoms with E-state index < -0.39 is 0 Å². The van der Waals surface area contributed by atoms with Crippen LogP contribution in [-0.4, -0.2) is 16.1 Å². The van der Waals surface area contributed by atoms with E-state index in [4.69, 9.17) is 0 Å². The first-order valence-corrected chi connectivity index (χ1v) is 6.48. The lowest BCUT2D eigenvalue weighted by molar-refractivity contribution is 0.553. The monoisotopic (exact) mass is 235 g/mol. The van der Waals surface area contributed by atoms with E-state index in [1.54, 1.807) is 0 Å². The lowest BCUT2D eigenvalue weighted by Gasteiger charge is -2.15. The van der Waals surface area contributed by atoms with Crippen molar-refractivity contribution < 1.29 is 0 Å². The molecule has 2 rings (SSSR count). The Hall–Kier alpha value is -1.29. The molecule has 1 N–H and O–H groups in total. The summed E-state index contributed by atoms with van der Waals surface area (Å²) in [5.41, 5.74) is 0. The normalized spacial score (nSPS) is 12.6. The summed E-state index contributed by atoms with van der Waals surface area (Å²) in [4.78, 5) is 5.73. The standard InChI is InChI=1S/C12H17N3S/c1-3-13-12-14-6-7-15(12)10(2)9-11-5-4-8-16-11/h4-8,10H,3,9H2,1-2H3,(H,13,14). The van der Waals surface area contributed by atoms with Gasteiger partial charge in [-0.05, 0) is 25.3 Å². The van der Waals surface area contributed by atoms with Crippen molar-refractivity contribution in [3.63, 3.8) is 0 Å². The quantitative estimate of drug-likeness (QED) is 0.862. The highest BCUT2D eigenvalue weighted by Gasteiger charge is 2.10. The van der Waals surface area contributed by atoms with E-state index in [1.165, 1.54) is 4.88 Å². The highest BCUT2D eigenvalue weighted by Crippen LogP contribution is 2.20. The molecule has 16 heavy (non-hydrogen) atoms. The van der Waals surface area contributed by atoms with Crippen molar-refractivity contribution in [2.75, 3.05) is 11.9 Å². The SMILES string of the molecule is CCNc1nccn1C(C)Cc1cccs1. The maximum Gasteiger partial charge on any atom is 0.203 e. The lowest BCUT2D eigenvalue weighted by Crippen LogP contribution is -2.11. The van der Waals surface area contributed by atoms with Crippen LogP contribution in [0.4, 0.5) is 5.95 Å². The Balaban J connectivity index is 2.08. The van der Waals surface area contributed by atoms with E-state index in [2.05, 4.69) is 46.2 Å². The van der Waals surface area contributed by atoms with Crippen LogP contribution in [0.3, 0.4) is 0 Å². The minimum absolute atomic E-state index is 0.440. The molecular formula is C12H17N3S. The number of hydrogen-bond donors (Lipinski definition) is 1. The van der Waals surface area contributed by atoms with Gasteiger partial charge in [0.25, 0.3) is 0 Å². The predicted octanol–water partition coefficient (Wildman–Crippen LogP) is 3.18. The maximum absolute atomic E-state index is 4.31. The Kier molecular flexibility index (Phi) is 3.62. The fourth-order valence-corrected chi connectivity index (χ4v) is 2.61. The summed E-state index contributed by atoms with van der Waals surface area (Å²) in [6.07, 6.45) is 4.95. The van der Waals surface area contributed by atoms with E-state index in [-0.39, 0.29) is 0 Å². The topological polar surface area (TPSA) is 29.9 Å². The second-order valence-electron chi connectivity index (χ2n) is 3.82. The van der Waals surface area contributed by atoms with E-state index in [0.717, 1.165) is 18.9 Å². The third-order valence-electron chi connectivity index (χ3n) is 2.56. The molecule has 0 aromatic carbocycles. The summed E-state index contributed by atoms with van der Waals surface area (Å²) in [6, 6.07) is 4.73. The Morgan fingerprint density at radius 2 is 2.44 bits per heavy atom. The molecule has 0 bridgehead atoms. The molecule has 2 heterocycles. The number of thiophene rings is 1. The van der Waals surface area contributed by atoms with Crippen LogP contribution < -0.4 is 5.32 Å². The van der Waals surface area contributed by atoms with Gasteiger partial charge in [-0.2, -0.15) is 0 Å². The predicted molar refractivity (Wildman–Crippen MR) is 69.1 cm³/mol. The fraction of sp³-hybridized carbons (Fsp3) is 0.417. The molecule has 1 atom stereocenters. The average Bonchev–Trinajstić information content (AvgIpc) is 2.89. The molecule has 2 aromatic heterocycles. The molecule has 0 aliphatic carbocycles. The largest absolute Gasteiger partial charge is 0.356 e. The van der Waals surface area contributed by atoms with Crippen molar-refractivity contribution in [1.29, 1.82) is 0 Å². The van der Waals surface area contributed by atoms with Crippen LogP contribution in [0.1, 0.15) is 24.8 Å². The number of anilines is 1.